The maximum atomic E-state index is 10.9. The molecule has 6 nitrogen and oxygen atoms in total. The third-order valence-electron chi connectivity index (χ3n) is 3.06. The first-order chi connectivity index (χ1) is 9.13. The van der Waals surface area contributed by atoms with Crippen LogP contribution in [0.15, 0.2) is 28.9 Å². The molecule has 0 unspecified atom stereocenters. The van der Waals surface area contributed by atoms with Gasteiger partial charge in [-0.25, -0.2) is 0 Å². The van der Waals surface area contributed by atoms with Gasteiger partial charge in [0.05, 0.1) is 16.9 Å². The lowest BCUT2D eigenvalue weighted by Crippen LogP contribution is -2.22. The first kappa shape index (κ1) is 13.4. The van der Waals surface area contributed by atoms with Gasteiger partial charge in [0.15, 0.2) is 5.58 Å². The summed E-state index contributed by atoms with van der Waals surface area (Å²) in [6.07, 6.45) is 2.51. The maximum absolute atomic E-state index is 10.9. The molecule has 0 radical (unpaired) electrons. The van der Waals surface area contributed by atoms with E-state index in [0.29, 0.717) is 5.58 Å². The normalized spacial score (nSPS) is 10.8. The summed E-state index contributed by atoms with van der Waals surface area (Å²) < 4.78 is 5.43. The van der Waals surface area contributed by atoms with Crippen LogP contribution in [0.5, 0.6) is 0 Å². The molecule has 0 fully saturated rings. The Hall–Kier alpha value is -2.08. The molecule has 19 heavy (non-hydrogen) atoms. The van der Waals surface area contributed by atoms with Crippen molar-refractivity contribution in [3.05, 3.63) is 34.6 Å². The van der Waals surface area contributed by atoms with Crippen LogP contribution in [0, 0.1) is 10.1 Å². The molecule has 0 atom stereocenters. The summed E-state index contributed by atoms with van der Waals surface area (Å²) in [5.41, 5.74) is 1.53. The molecule has 0 bridgehead atoms. The highest BCUT2D eigenvalue weighted by atomic mass is 16.6. The Balaban J connectivity index is 2.34. The molecule has 0 aliphatic carbocycles. The molecule has 1 aromatic carbocycles. The van der Waals surface area contributed by atoms with E-state index in [2.05, 4.69) is 5.32 Å². The van der Waals surface area contributed by atoms with E-state index in [-0.39, 0.29) is 10.6 Å². The average Bonchev–Trinajstić information content (AvgIpc) is 2.85. The van der Waals surface area contributed by atoms with Crippen molar-refractivity contribution in [2.45, 2.75) is 6.42 Å². The van der Waals surface area contributed by atoms with E-state index in [4.69, 9.17) is 4.42 Å². The molecule has 0 aliphatic heterocycles. The van der Waals surface area contributed by atoms with Gasteiger partial charge in [0, 0.05) is 31.1 Å². The van der Waals surface area contributed by atoms with E-state index in [1.807, 2.05) is 19.0 Å². The highest BCUT2D eigenvalue weighted by Crippen LogP contribution is 2.32. The van der Waals surface area contributed by atoms with Crippen molar-refractivity contribution in [1.29, 1.82) is 0 Å². The molecule has 0 saturated carbocycles. The Morgan fingerprint density at radius 1 is 1.47 bits per heavy atom. The second kappa shape index (κ2) is 5.71. The maximum Gasteiger partial charge on any atom is 0.272 e. The number of fused-ring (bicyclic) bond motifs is 1. The average molecular weight is 263 g/mol. The van der Waals surface area contributed by atoms with Crippen LogP contribution in [0.25, 0.3) is 11.0 Å². The summed E-state index contributed by atoms with van der Waals surface area (Å²) >= 11 is 0. The van der Waals surface area contributed by atoms with E-state index in [0.717, 1.165) is 30.6 Å². The van der Waals surface area contributed by atoms with Gasteiger partial charge in [-0.1, -0.05) is 0 Å². The smallest absolute Gasteiger partial charge is 0.272 e. The third-order valence-corrected chi connectivity index (χ3v) is 3.06. The number of nitrogens with zero attached hydrogens (tertiary/aromatic N) is 2. The van der Waals surface area contributed by atoms with Crippen molar-refractivity contribution in [2.75, 3.05) is 32.1 Å². The molecule has 0 aliphatic rings. The third kappa shape index (κ3) is 2.85. The van der Waals surface area contributed by atoms with Crippen LogP contribution in [0.2, 0.25) is 0 Å². The second-order valence-electron chi connectivity index (χ2n) is 4.44. The molecule has 0 spiro atoms. The van der Waals surface area contributed by atoms with Crippen LogP contribution in [-0.2, 0) is 0 Å². The van der Waals surface area contributed by atoms with Gasteiger partial charge >= 0.3 is 0 Å². The Morgan fingerprint density at radius 2 is 2.26 bits per heavy atom. The predicted molar refractivity (Wildman–Crippen MR) is 74.7 cm³/mol. The van der Waals surface area contributed by atoms with Crippen molar-refractivity contribution in [3.8, 4) is 0 Å². The van der Waals surface area contributed by atoms with Crippen LogP contribution in [0.4, 0.5) is 11.4 Å². The summed E-state index contributed by atoms with van der Waals surface area (Å²) in [6.45, 7) is 1.71. The van der Waals surface area contributed by atoms with Crippen molar-refractivity contribution < 1.29 is 9.34 Å². The summed E-state index contributed by atoms with van der Waals surface area (Å²) in [5.74, 6) is 0. The molecule has 2 rings (SSSR count). The molecule has 1 heterocycles. The molecule has 2 aromatic rings. The summed E-state index contributed by atoms with van der Waals surface area (Å²) in [7, 11) is 3.81. The molecule has 1 aromatic heterocycles. The van der Waals surface area contributed by atoms with Gasteiger partial charge in [0.1, 0.15) is 0 Å². The minimum absolute atomic E-state index is 0.0874. The van der Waals surface area contributed by atoms with Crippen LogP contribution in [0.3, 0.4) is 0 Å². The van der Waals surface area contributed by atoms with Gasteiger partial charge in [-0.3, -0.25) is 10.1 Å². The SMILES string of the molecule is CNCCCN(C)c1cc([N+](=O)[O-])cc2ccoc12. The molecule has 6 heteroatoms. The minimum atomic E-state index is -0.378. The first-order valence-corrected chi connectivity index (χ1v) is 6.15. The number of hydrogen-bond acceptors (Lipinski definition) is 5. The van der Waals surface area contributed by atoms with E-state index < -0.39 is 0 Å². The summed E-state index contributed by atoms with van der Waals surface area (Å²) in [6, 6.07) is 4.84. The van der Waals surface area contributed by atoms with Crippen molar-refractivity contribution >= 4 is 22.3 Å². The second-order valence-corrected chi connectivity index (χ2v) is 4.44. The number of benzene rings is 1. The van der Waals surface area contributed by atoms with E-state index in [1.54, 1.807) is 18.4 Å². The number of non-ortho nitro benzene ring substituents is 1. The molecular weight excluding hydrogens is 246 g/mol. The van der Waals surface area contributed by atoms with Gasteiger partial charge < -0.3 is 14.6 Å². The van der Waals surface area contributed by atoms with Gasteiger partial charge in [0.25, 0.3) is 5.69 Å². The fourth-order valence-corrected chi connectivity index (χ4v) is 2.05. The highest BCUT2D eigenvalue weighted by Gasteiger charge is 2.16. The Morgan fingerprint density at radius 3 is 2.95 bits per heavy atom. The van der Waals surface area contributed by atoms with E-state index in [9.17, 15) is 10.1 Å². The number of nitrogens with one attached hydrogen (secondary N) is 1. The molecular formula is C13H17N3O3. The van der Waals surface area contributed by atoms with Gasteiger partial charge in [0.2, 0.25) is 0 Å². The molecule has 0 saturated heterocycles. The fraction of sp³-hybridized carbons (Fsp3) is 0.385. The van der Waals surface area contributed by atoms with Gasteiger partial charge in [-0.05, 0) is 26.1 Å². The standard InChI is InChI=1S/C13H17N3O3/c1-14-5-3-6-15(2)12-9-11(16(17)18)8-10-4-7-19-13(10)12/h4,7-9,14H,3,5-6H2,1-2H3. The zero-order valence-electron chi connectivity index (χ0n) is 11.0. The number of hydrogen-bond donors (Lipinski definition) is 1. The van der Waals surface area contributed by atoms with Crippen molar-refractivity contribution in [3.63, 3.8) is 0 Å². The fourth-order valence-electron chi connectivity index (χ4n) is 2.05. The molecule has 0 amide bonds. The Labute approximate surface area is 111 Å². The first-order valence-electron chi connectivity index (χ1n) is 6.15. The van der Waals surface area contributed by atoms with Crippen LogP contribution < -0.4 is 10.2 Å². The zero-order chi connectivity index (χ0) is 13.8. The number of anilines is 1. The number of furan rings is 1. The lowest BCUT2D eigenvalue weighted by molar-refractivity contribution is -0.384. The molecule has 102 valence electrons. The minimum Gasteiger partial charge on any atom is -0.462 e. The van der Waals surface area contributed by atoms with Crippen LogP contribution in [0.1, 0.15) is 6.42 Å². The topological polar surface area (TPSA) is 71.5 Å². The Bertz CT molecular complexity index is 580. The van der Waals surface area contributed by atoms with E-state index >= 15 is 0 Å². The quantitative estimate of drug-likeness (QED) is 0.492. The Kier molecular flexibility index (Phi) is 4.01. The van der Waals surface area contributed by atoms with Crippen LogP contribution >= 0.6 is 0 Å². The zero-order valence-corrected chi connectivity index (χ0v) is 11.0. The lowest BCUT2D eigenvalue weighted by atomic mass is 10.2. The highest BCUT2D eigenvalue weighted by molar-refractivity contribution is 5.91. The summed E-state index contributed by atoms with van der Waals surface area (Å²) in [4.78, 5) is 12.6. The lowest BCUT2D eigenvalue weighted by Gasteiger charge is -2.19. The number of rotatable bonds is 6. The largest absolute Gasteiger partial charge is 0.462 e. The van der Waals surface area contributed by atoms with Crippen molar-refractivity contribution in [2.24, 2.45) is 0 Å². The van der Waals surface area contributed by atoms with Gasteiger partial charge in [-0.15, -0.1) is 0 Å². The van der Waals surface area contributed by atoms with Crippen molar-refractivity contribution in [1.82, 2.24) is 5.32 Å². The summed E-state index contributed by atoms with van der Waals surface area (Å²) in [5, 5.41) is 14.8. The number of nitro groups is 1. The predicted octanol–water partition coefficient (Wildman–Crippen LogP) is 2.39. The molecule has 1 N–H and O–H groups in total. The monoisotopic (exact) mass is 263 g/mol. The van der Waals surface area contributed by atoms with Crippen LogP contribution in [-0.4, -0.2) is 32.1 Å². The number of nitro benzene ring substituents is 1. The van der Waals surface area contributed by atoms with E-state index in [1.165, 1.54) is 6.07 Å². The van der Waals surface area contributed by atoms with Gasteiger partial charge in [-0.2, -0.15) is 0 Å².